The average Bonchev–Trinajstić information content (AvgIpc) is 2.88. The largest absolute Gasteiger partial charge is 0.0552 e. The minimum absolute atomic E-state index is 0.653. The predicted molar refractivity (Wildman–Crippen MR) is 360 cm³/mol. The van der Waals surface area contributed by atoms with E-state index < -0.39 is 0 Å². The lowest BCUT2D eigenvalue weighted by atomic mass is 8.24. The molecule has 0 aromatic carbocycles. The van der Waals surface area contributed by atoms with Crippen LogP contribution in [0.15, 0.2) is 0 Å². The first-order valence-electron chi connectivity index (χ1n) is 22.7. The van der Waals surface area contributed by atoms with Crippen LogP contribution in [-0.4, -0.2) is 354 Å². The van der Waals surface area contributed by atoms with Gasteiger partial charge in [0.2, 0.25) is 0 Å². The normalized spacial score (nSPS) is 9.68. The predicted octanol–water partition coefficient (Wildman–Crippen LogP) is -33.0. The molecule has 0 aliphatic heterocycles. The maximum Gasteiger partial charge on any atom is 0.0552 e. The van der Waals surface area contributed by atoms with E-state index in [-0.39, 0.29) is 0 Å². The Bertz CT molecular complexity index is 730. The molecule has 0 radical (unpaired) electrons. The molecule has 0 heterocycles. The second kappa shape index (κ2) is 24.2. The van der Waals surface area contributed by atoms with Gasteiger partial charge in [-0.3, -0.25) is 0 Å². The van der Waals surface area contributed by atoms with E-state index >= 15 is 0 Å². The third-order valence-corrected chi connectivity index (χ3v) is 14.5. The molecule has 0 spiro atoms. The van der Waals surface area contributed by atoms with Gasteiger partial charge in [0.15, 0.2) is 0 Å². The van der Waals surface area contributed by atoms with Crippen molar-refractivity contribution in [1.29, 1.82) is 0 Å². The summed E-state index contributed by atoms with van der Waals surface area (Å²) in [7, 11) is 67.7. The van der Waals surface area contributed by atoms with Gasteiger partial charge in [-0.2, -0.15) is 0 Å². The summed E-state index contributed by atoms with van der Waals surface area (Å²) in [6, 6.07) is 0. The molecule has 0 unspecified atom stereocenters. The summed E-state index contributed by atoms with van der Waals surface area (Å²) in [5, 5.41) is 0. The van der Waals surface area contributed by atoms with Crippen LogP contribution < -0.4 is 0 Å². The quantitative estimate of drug-likeness (QED) is 0.104. The minimum atomic E-state index is 0.653. The third-order valence-electron chi connectivity index (χ3n) is 14.5. The second-order valence-electron chi connectivity index (χ2n) is 22.5. The first-order valence-corrected chi connectivity index (χ1v) is 22.7. The van der Waals surface area contributed by atoms with E-state index in [4.69, 9.17) is 0 Å². The molecule has 0 nitrogen and oxygen atoms in total. The minimum Gasteiger partial charge on any atom is 0.00000993 e. The Balaban J connectivity index is 9.52. The van der Waals surface area contributed by atoms with Gasteiger partial charge < -0.3 is 0 Å². The molecule has 202 valence electrons. The first-order chi connectivity index (χ1) is 22.7. The van der Waals surface area contributed by atoms with E-state index in [9.17, 15) is 0 Å². The number of hydrogen-bond acceptors (Lipinski definition) is 0. The summed E-state index contributed by atoms with van der Waals surface area (Å²) >= 11 is 0. The maximum absolute atomic E-state index is 2.64. The first kappa shape index (κ1) is 53.2. The molecule has 0 aromatic rings. The van der Waals surface area contributed by atoms with Gasteiger partial charge in [-0.25, -0.2) is 0 Å². The standard InChI is InChI=1S/B50H52/c1-27(2)40(28(3)4)46(39(25)26)49(45(37(21)22)38(23)24)50(47(41(29(5)6)30(7)8)42(31(9)10)32(11)12)48(43(33(13)14)34(15)16)44(35(17)18)36(19)20/h1-26H2. The second-order valence-corrected chi connectivity index (χ2v) is 22.5. The van der Waals surface area contributed by atoms with Gasteiger partial charge in [0, 0.05) is 153 Å². The molecule has 0 aliphatic carbocycles. The van der Waals surface area contributed by atoms with Gasteiger partial charge in [-0.15, -0.1) is 0 Å². The molecule has 0 N–H and O–H groups in total. The van der Waals surface area contributed by atoms with Crippen molar-refractivity contribution in [3.8, 4) is 0 Å². The van der Waals surface area contributed by atoms with E-state index in [0.29, 0.717) is 153 Å². The van der Waals surface area contributed by atoms with Crippen LogP contribution >= 0.6 is 0 Å². The van der Waals surface area contributed by atoms with E-state index in [1.54, 1.807) is 0 Å². The molecule has 50 heteroatoms. The van der Waals surface area contributed by atoms with Crippen molar-refractivity contribution in [3.05, 3.63) is 0 Å². The smallest absolute Gasteiger partial charge is 0.00000993 e. The molecule has 0 rings (SSSR count). The van der Waals surface area contributed by atoms with Crippen molar-refractivity contribution in [2.45, 2.75) is 0 Å². The molecule has 0 aromatic heterocycles. The van der Waals surface area contributed by atoms with Crippen LogP contribution in [0.5, 0.6) is 0 Å². The SMILES string of the molecule is BB(B)B(B(B)B)B(B(B)B)B(B(B(B)B)B(B)B)B(B(B(B(B)B)B(B)B)B(B(B)B)B(B)B)B(B(B(B)B)B(B)B)B(B(B)B)B(B)B. The summed E-state index contributed by atoms with van der Waals surface area (Å²) in [6.07, 6.45) is 16.3. The third kappa shape index (κ3) is 14.3. The summed E-state index contributed by atoms with van der Waals surface area (Å²) in [4.78, 5) is 0. The van der Waals surface area contributed by atoms with E-state index in [0.717, 1.165) is 0 Å². The molecule has 50 heavy (non-hydrogen) atoms. The Hall–Kier alpha value is 3.25. The van der Waals surface area contributed by atoms with E-state index in [1.165, 1.54) is 0 Å². The van der Waals surface area contributed by atoms with E-state index in [1.807, 2.05) is 0 Å². The van der Waals surface area contributed by atoms with Crippen LogP contribution in [0, 0.1) is 0 Å². The van der Waals surface area contributed by atoms with Crippen LogP contribution in [0.3, 0.4) is 0 Å². The van der Waals surface area contributed by atoms with Crippen LogP contribution in [0.4, 0.5) is 0 Å². The summed E-state index contributed by atoms with van der Waals surface area (Å²) < 4.78 is 0. The Morgan fingerprint density at radius 2 is 0.180 bits per heavy atom. The fourth-order valence-electron chi connectivity index (χ4n) is 14.2. The summed E-state index contributed by atoms with van der Waals surface area (Å²) in [5.41, 5.74) is 0. The monoisotopic (exact) mass is 603 g/mol. The van der Waals surface area contributed by atoms with Crippen molar-refractivity contribution < 1.29 is 0 Å². The lowest BCUT2D eigenvalue weighted by molar-refractivity contribution is 3.19. The molecule has 0 aliphatic rings. The van der Waals surface area contributed by atoms with Crippen molar-refractivity contribution in [2.24, 2.45) is 0 Å². The molecule has 0 saturated heterocycles. The van der Waals surface area contributed by atoms with E-state index in [2.05, 4.69) is 201 Å². The van der Waals surface area contributed by atoms with Crippen molar-refractivity contribution in [2.75, 3.05) is 0 Å². The van der Waals surface area contributed by atoms with Crippen LogP contribution in [0.2, 0.25) is 0 Å². The molecule has 0 saturated carbocycles. The zero-order chi connectivity index (χ0) is 39.9. The molecule has 0 atom stereocenters. The van der Waals surface area contributed by atoms with Crippen molar-refractivity contribution in [3.63, 3.8) is 0 Å². The number of rotatable bonds is 23. The molecule has 0 bridgehead atoms. The van der Waals surface area contributed by atoms with Crippen LogP contribution in [-0.2, 0) is 0 Å². The lowest BCUT2D eigenvalue weighted by Gasteiger charge is -2.56. The maximum atomic E-state index is 2.64. The van der Waals surface area contributed by atoms with Crippen molar-refractivity contribution in [1.82, 2.24) is 0 Å². The zero-order valence-corrected chi connectivity index (χ0v) is 39.9. The van der Waals surface area contributed by atoms with Gasteiger partial charge in [0.25, 0.3) is 0 Å². The van der Waals surface area contributed by atoms with Gasteiger partial charge in [0.1, 0.15) is 0 Å². The highest BCUT2D eigenvalue weighted by molar-refractivity contribution is 8.35. The highest BCUT2D eigenvalue weighted by atomic mass is 13.4. The fraction of sp³-hybridized carbons (Fsp3) is 0. The number of hydrogen-bond donors (Lipinski definition) is 0. The fourth-order valence-corrected chi connectivity index (χ4v) is 14.2. The topological polar surface area (TPSA) is 0 Å². The summed E-state index contributed by atoms with van der Waals surface area (Å²) in [5.74, 6) is 0. The molecular formula is H52B50. The van der Waals surface area contributed by atoms with Crippen LogP contribution in [0.25, 0.3) is 0 Å². The van der Waals surface area contributed by atoms with Gasteiger partial charge in [-0.05, 0) is 0 Å². The van der Waals surface area contributed by atoms with Crippen molar-refractivity contribution >= 4 is 354 Å². The van der Waals surface area contributed by atoms with Gasteiger partial charge >= 0.3 is 0 Å². The Morgan fingerprint density at radius 1 is 0.100 bits per heavy atom. The highest BCUT2D eigenvalue weighted by Gasteiger charge is 2.61. The Labute approximate surface area is 351 Å². The highest BCUT2D eigenvalue weighted by Crippen LogP contribution is 2.22. The molecule has 0 amide bonds. The Morgan fingerprint density at radius 3 is 0.300 bits per heavy atom. The zero-order valence-electron chi connectivity index (χ0n) is 39.9. The van der Waals surface area contributed by atoms with Gasteiger partial charge in [0.05, 0.1) is 201 Å². The molecular weight excluding hydrogens is 541 g/mol. The summed E-state index contributed by atoms with van der Waals surface area (Å²) in [6.45, 7) is 0. The van der Waals surface area contributed by atoms with Gasteiger partial charge in [-0.1, -0.05) is 0 Å². The molecule has 0 fully saturated rings. The lowest BCUT2D eigenvalue weighted by Crippen LogP contribution is -2.95. The average molecular weight is 593 g/mol. The Kier molecular flexibility index (Phi) is 25.8. The van der Waals surface area contributed by atoms with Crippen LogP contribution in [0.1, 0.15) is 0 Å².